The van der Waals surface area contributed by atoms with Crippen molar-refractivity contribution in [3.63, 3.8) is 0 Å². The second kappa shape index (κ2) is 2.42. The molecule has 1 aliphatic rings. The third-order valence-electron chi connectivity index (χ3n) is 1.61. The highest BCUT2D eigenvalue weighted by Crippen LogP contribution is 2.24. The molecule has 3 nitrogen and oxygen atoms in total. The summed E-state index contributed by atoms with van der Waals surface area (Å²) in [5.41, 5.74) is 0.328. The summed E-state index contributed by atoms with van der Waals surface area (Å²) in [4.78, 5) is 22.4. The highest BCUT2D eigenvalue weighted by atomic mass is 79.9. The van der Waals surface area contributed by atoms with E-state index in [1.54, 1.807) is 0 Å². The molecule has 12 heavy (non-hydrogen) atoms. The van der Waals surface area contributed by atoms with Crippen LogP contribution in [0.5, 0.6) is 0 Å². The van der Waals surface area contributed by atoms with E-state index in [2.05, 4.69) is 15.9 Å². The predicted octanol–water partition coefficient (Wildman–Crippen LogP) is 1.94. The zero-order chi connectivity index (χ0) is 8.72. The fourth-order valence-corrected chi connectivity index (χ4v) is 1.48. The quantitative estimate of drug-likeness (QED) is 0.680. The van der Waals surface area contributed by atoms with Crippen molar-refractivity contribution in [2.24, 2.45) is 0 Å². The van der Waals surface area contributed by atoms with Crippen LogP contribution >= 0.6 is 15.9 Å². The molecular formula is C8H3BrO3. The molecule has 0 N–H and O–H groups in total. The number of carbonyl (C=O) groups excluding carboxylic acids is 2. The minimum Gasteiger partial charge on any atom is -0.460 e. The van der Waals surface area contributed by atoms with E-state index in [-0.39, 0.29) is 21.8 Å². The maximum atomic E-state index is 11.3. The first-order chi connectivity index (χ1) is 5.70. The van der Waals surface area contributed by atoms with E-state index >= 15 is 0 Å². The number of Topliss-reactive ketones (excluding diaryl/α,β-unsaturated/α-hetero) is 1. The summed E-state index contributed by atoms with van der Waals surface area (Å²) in [6.45, 7) is 0. The van der Waals surface area contributed by atoms with E-state index in [9.17, 15) is 9.59 Å². The summed E-state index contributed by atoms with van der Waals surface area (Å²) in [5, 5.41) is 0. The van der Waals surface area contributed by atoms with Gasteiger partial charge in [0.05, 0.1) is 16.3 Å². The number of fused-ring (bicyclic) bond motifs is 1. The lowest BCUT2D eigenvalue weighted by Crippen LogP contribution is -2.11. The second-order valence-electron chi connectivity index (χ2n) is 2.35. The zero-order valence-electron chi connectivity index (χ0n) is 5.83. The smallest absolute Gasteiger partial charge is 0.223 e. The molecule has 0 bridgehead atoms. The summed E-state index contributed by atoms with van der Waals surface area (Å²) in [7, 11) is 0. The van der Waals surface area contributed by atoms with Crippen molar-refractivity contribution in [3.8, 4) is 0 Å². The molecule has 0 spiro atoms. The van der Waals surface area contributed by atoms with Crippen LogP contribution < -0.4 is 0 Å². The number of rotatable bonds is 0. The number of ketones is 2. The third kappa shape index (κ3) is 0.881. The highest BCUT2D eigenvalue weighted by Gasteiger charge is 2.26. The number of furan rings is 1. The number of hydrogen-bond acceptors (Lipinski definition) is 3. The number of hydrogen-bond donors (Lipinski definition) is 0. The molecule has 0 radical (unpaired) electrons. The Kier molecular flexibility index (Phi) is 1.51. The SMILES string of the molecule is O=C1C(Br)=CC(=O)c2occc21. The predicted molar refractivity (Wildman–Crippen MR) is 44.4 cm³/mol. The summed E-state index contributed by atoms with van der Waals surface area (Å²) in [5.74, 6) is -0.358. The molecule has 0 fully saturated rings. The van der Waals surface area contributed by atoms with Crippen LogP contribution in [0.3, 0.4) is 0 Å². The molecule has 1 aliphatic carbocycles. The Balaban J connectivity index is 2.67. The molecule has 0 unspecified atom stereocenters. The molecule has 0 saturated heterocycles. The van der Waals surface area contributed by atoms with Crippen LogP contribution in [0.2, 0.25) is 0 Å². The number of halogens is 1. The maximum Gasteiger partial charge on any atom is 0.223 e. The van der Waals surface area contributed by atoms with Crippen LogP contribution in [0.4, 0.5) is 0 Å². The van der Waals surface area contributed by atoms with Gasteiger partial charge in [0.2, 0.25) is 11.6 Å². The van der Waals surface area contributed by atoms with Crippen molar-refractivity contribution in [1.82, 2.24) is 0 Å². The second-order valence-corrected chi connectivity index (χ2v) is 3.20. The van der Waals surface area contributed by atoms with Crippen molar-refractivity contribution in [1.29, 1.82) is 0 Å². The van der Waals surface area contributed by atoms with Crippen LogP contribution in [-0.2, 0) is 0 Å². The molecule has 0 atom stereocenters. The minimum absolute atomic E-state index is 0.128. The van der Waals surface area contributed by atoms with Gasteiger partial charge < -0.3 is 4.42 Å². The van der Waals surface area contributed by atoms with Gasteiger partial charge in [-0.1, -0.05) is 0 Å². The van der Waals surface area contributed by atoms with Crippen LogP contribution in [0.15, 0.2) is 27.3 Å². The Morgan fingerprint density at radius 2 is 2.08 bits per heavy atom. The molecule has 0 aliphatic heterocycles. The normalized spacial score (nSPS) is 15.9. The lowest BCUT2D eigenvalue weighted by molar-refractivity contribution is 0.0973. The van der Waals surface area contributed by atoms with Crippen molar-refractivity contribution >= 4 is 27.5 Å². The minimum atomic E-state index is -0.276. The van der Waals surface area contributed by atoms with Gasteiger partial charge in [0.1, 0.15) is 0 Å². The van der Waals surface area contributed by atoms with Gasteiger partial charge >= 0.3 is 0 Å². The van der Waals surface area contributed by atoms with E-state index in [1.807, 2.05) is 0 Å². The highest BCUT2D eigenvalue weighted by molar-refractivity contribution is 9.12. The van der Waals surface area contributed by atoms with E-state index in [0.29, 0.717) is 5.56 Å². The van der Waals surface area contributed by atoms with Gasteiger partial charge in [-0.15, -0.1) is 0 Å². The standard InChI is InChI=1S/C8H3BrO3/c9-5-3-6(10)8-4(7(5)11)1-2-12-8/h1-3H. The average Bonchev–Trinajstić information content (AvgIpc) is 2.48. The maximum absolute atomic E-state index is 11.3. The molecule has 1 aromatic rings. The molecule has 0 saturated carbocycles. The first-order valence-corrected chi connectivity index (χ1v) is 4.03. The van der Waals surface area contributed by atoms with Crippen molar-refractivity contribution < 1.29 is 14.0 Å². The van der Waals surface area contributed by atoms with Gasteiger partial charge in [0.15, 0.2) is 5.76 Å². The molecule has 2 rings (SSSR count). The Morgan fingerprint density at radius 3 is 2.83 bits per heavy atom. The molecular weight excluding hydrogens is 224 g/mol. The van der Waals surface area contributed by atoms with Crippen molar-refractivity contribution in [3.05, 3.63) is 34.2 Å². The van der Waals surface area contributed by atoms with Gasteiger partial charge in [-0.25, -0.2) is 0 Å². The van der Waals surface area contributed by atoms with Crippen molar-refractivity contribution in [2.75, 3.05) is 0 Å². The van der Waals surface area contributed by atoms with Gasteiger partial charge in [-0.05, 0) is 22.0 Å². The number of carbonyl (C=O) groups is 2. The first-order valence-electron chi connectivity index (χ1n) is 3.24. The van der Waals surface area contributed by atoms with E-state index in [1.165, 1.54) is 18.4 Å². The largest absolute Gasteiger partial charge is 0.460 e. The van der Waals surface area contributed by atoms with Gasteiger partial charge in [0, 0.05) is 6.08 Å². The Bertz CT molecular complexity index is 400. The van der Waals surface area contributed by atoms with Crippen LogP contribution in [0, 0.1) is 0 Å². The van der Waals surface area contributed by atoms with E-state index in [0.717, 1.165) is 0 Å². The topological polar surface area (TPSA) is 47.3 Å². The third-order valence-corrected chi connectivity index (χ3v) is 2.20. The summed E-state index contributed by atoms with van der Waals surface area (Å²) < 4.78 is 5.13. The first kappa shape index (κ1) is 7.49. The van der Waals surface area contributed by atoms with Crippen molar-refractivity contribution in [2.45, 2.75) is 0 Å². The lowest BCUT2D eigenvalue weighted by Gasteiger charge is -2.03. The average molecular weight is 227 g/mol. The molecule has 60 valence electrons. The van der Waals surface area contributed by atoms with Crippen LogP contribution in [0.1, 0.15) is 20.9 Å². The van der Waals surface area contributed by atoms with Gasteiger partial charge in [0.25, 0.3) is 0 Å². The fourth-order valence-electron chi connectivity index (χ4n) is 1.05. The summed E-state index contributed by atoms with van der Waals surface area (Å²) in [6, 6.07) is 1.49. The molecule has 1 heterocycles. The zero-order valence-corrected chi connectivity index (χ0v) is 7.42. The van der Waals surface area contributed by atoms with Gasteiger partial charge in [-0.2, -0.15) is 0 Å². The molecule has 0 amide bonds. The Morgan fingerprint density at radius 1 is 1.33 bits per heavy atom. The molecule has 4 heteroatoms. The van der Waals surface area contributed by atoms with E-state index in [4.69, 9.17) is 4.42 Å². The monoisotopic (exact) mass is 226 g/mol. The summed E-state index contributed by atoms with van der Waals surface area (Å²) in [6.07, 6.45) is 2.55. The lowest BCUT2D eigenvalue weighted by atomic mass is 10.0. The van der Waals surface area contributed by atoms with Crippen LogP contribution in [0.25, 0.3) is 0 Å². The molecule has 0 aromatic carbocycles. The summed E-state index contributed by atoms with van der Waals surface area (Å²) >= 11 is 3.00. The Labute approximate surface area is 76.2 Å². The van der Waals surface area contributed by atoms with Crippen LogP contribution in [-0.4, -0.2) is 11.6 Å². The Hall–Kier alpha value is -1.16. The fraction of sp³-hybridized carbons (Fsp3) is 0. The van der Waals surface area contributed by atoms with E-state index < -0.39 is 0 Å². The molecule has 1 aromatic heterocycles. The van der Waals surface area contributed by atoms with Gasteiger partial charge in [-0.3, -0.25) is 9.59 Å². The number of allylic oxidation sites excluding steroid dienone is 2.